The average molecular weight is 107 g/mol. The van der Waals surface area contributed by atoms with Gasteiger partial charge in [-0.15, -0.1) is 0 Å². The van der Waals surface area contributed by atoms with Crippen molar-refractivity contribution < 1.29 is 5.48 Å². The van der Waals surface area contributed by atoms with Gasteiger partial charge in [-0.05, 0) is 0 Å². The van der Waals surface area contributed by atoms with Crippen molar-refractivity contribution in [2.45, 2.75) is 0 Å². The molecule has 0 heterocycles. The minimum atomic E-state index is -0.352. The van der Waals surface area contributed by atoms with Crippen molar-refractivity contribution in [2.24, 2.45) is 17.4 Å². The van der Waals surface area contributed by atoms with E-state index in [2.05, 4.69) is 0 Å². The largest absolute Gasteiger partial charge is 0.412 e. The fourth-order valence-corrected chi connectivity index (χ4v) is 0. The second-order valence-corrected chi connectivity index (χ2v) is 0.793. The van der Waals surface area contributed by atoms with Gasteiger partial charge >= 0.3 is 0 Å². The Hall–Kier alpha value is -0.850. The van der Waals surface area contributed by atoms with Crippen LogP contribution in [-0.2, 0) is 0 Å². The summed E-state index contributed by atoms with van der Waals surface area (Å²) in [5, 5.41) is 6.93. The highest BCUT2D eigenvalue weighted by Gasteiger charge is 1.84. The molecule has 7 heavy (non-hydrogen) atoms. The summed E-state index contributed by atoms with van der Waals surface area (Å²) in [5.74, 6) is 9.04. The molecule has 6 nitrogen and oxygen atoms in total. The fourth-order valence-electron chi connectivity index (χ4n) is 0. The highest BCUT2D eigenvalue weighted by atomic mass is 16.0. The zero-order chi connectivity index (χ0) is 5.15. The molecule has 0 aromatic heterocycles. The lowest BCUT2D eigenvalue weighted by molar-refractivity contribution is 0.456. The van der Waals surface area contributed by atoms with Crippen LogP contribution in [0, 0.1) is 5.41 Å². The molecule has 0 saturated heterocycles. The normalized spacial score (nSPS) is 6.57. The molecule has 0 aliphatic rings. The van der Waals surface area contributed by atoms with Crippen LogP contribution in [0.3, 0.4) is 0 Å². The third-order valence-corrected chi connectivity index (χ3v) is 0.278. The minimum absolute atomic E-state index is 0. The monoisotopic (exact) mass is 107 g/mol. The zero-order valence-corrected chi connectivity index (χ0v) is 3.68. The summed E-state index contributed by atoms with van der Waals surface area (Å²) in [4.78, 5) is 0. The quantitative estimate of drug-likeness (QED) is 0.114. The first kappa shape index (κ1) is 9.47. The van der Waals surface area contributed by atoms with E-state index in [4.69, 9.17) is 22.8 Å². The SMILES string of the molecule is N=C(N)N(N)N.O. The maximum absolute atomic E-state index is 6.40. The molecule has 6 heteroatoms. The van der Waals surface area contributed by atoms with Gasteiger partial charge in [-0.3, -0.25) is 5.41 Å². The van der Waals surface area contributed by atoms with Crippen LogP contribution >= 0.6 is 0 Å². The molecule has 44 valence electrons. The molecule has 0 spiro atoms. The molecule has 0 atom stereocenters. The number of nitrogens with zero attached hydrogens (tertiary/aromatic N) is 1. The maximum atomic E-state index is 6.40. The summed E-state index contributed by atoms with van der Waals surface area (Å²) in [6.07, 6.45) is 0. The van der Waals surface area contributed by atoms with Crippen LogP contribution in [-0.4, -0.2) is 16.6 Å². The van der Waals surface area contributed by atoms with Crippen LogP contribution in [0.4, 0.5) is 0 Å². The number of hydrogen-bond donors (Lipinski definition) is 4. The zero-order valence-electron chi connectivity index (χ0n) is 3.68. The smallest absolute Gasteiger partial charge is 0.218 e. The van der Waals surface area contributed by atoms with Crippen molar-refractivity contribution in [3.05, 3.63) is 0 Å². The fraction of sp³-hybridized carbons (Fsp3) is 0. The van der Waals surface area contributed by atoms with Crippen molar-refractivity contribution in [1.82, 2.24) is 5.12 Å². The van der Waals surface area contributed by atoms with Crippen molar-refractivity contribution in [1.29, 1.82) is 5.41 Å². The molecule has 0 bridgehead atoms. The van der Waals surface area contributed by atoms with Crippen molar-refractivity contribution in [3.8, 4) is 0 Å². The summed E-state index contributed by atoms with van der Waals surface area (Å²) in [6.45, 7) is 0. The summed E-state index contributed by atoms with van der Waals surface area (Å²) < 4.78 is 0. The minimum Gasteiger partial charge on any atom is -0.412 e. The van der Waals surface area contributed by atoms with E-state index in [0.717, 1.165) is 0 Å². The number of guanidine groups is 1. The van der Waals surface area contributed by atoms with Crippen LogP contribution < -0.4 is 17.4 Å². The molecule has 0 aromatic carbocycles. The van der Waals surface area contributed by atoms with Crippen molar-refractivity contribution >= 4 is 5.96 Å². The van der Waals surface area contributed by atoms with Crippen molar-refractivity contribution in [2.75, 3.05) is 0 Å². The highest BCUT2D eigenvalue weighted by Crippen LogP contribution is 1.48. The Morgan fingerprint density at radius 2 is 1.57 bits per heavy atom. The topological polar surface area (TPSA) is 137 Å². The second kappa shape index (κ2) is 3.34. The van der Waals surface area contributed by atoms with Gasteiger partial charge in [0.15, 0.2) is 0 Å². The van der Waals surface area contributed by atoms with E-state index < -0.39 is 0 Å². The van der Waals surface area contributed by atoms with E-state index >= 15 is 0 Å². The lowest BCUT2D eigenvalue weighted by Crippen LogP contribution is -2.47. The molecule has 0 radical (unpaired) electrons. The van der Waals surface area contributed by atoms with Gasteiger partial charge in [-0.2, -0.15) is 0 Å². The van der Waals surface area contributed by atoms with E-state index in [9.17, 15) is 0 Å². The first-order chi connectivity index (χ1) is 2.64. The van der Waals surface area contributed by atoms with Crippen LogP contribution in [0.1, 0.15) is 0 Å². The Morgan fingerprint density at radius 3 is 1.57 bits per heavy atom. The lowest BCUT2D eigenvalue weighted by atomic mass is 11.1. The Balaban J connectivity index is 0. The number of hydrogen-bond acceptors (Lipinski definition) is 3. The summed E-state index contributed by atoms with van der Waals surface area (Å²) in [6, 6.07) is 0. The molecule has 0 rings (SSSR count). The third-order valence-electron chi connectivity index (χ3n) is 0.278. The number of nitrogens with two attached hydrogens (primary N) is 3. The maximum Gasteiger partial charge on any atom is 0.218 e. The second-order valence-electron chi connectivity index (χ2n) is 0.793. The third kappa shape index (κ3) is 5.15. The highest BCUT2D eigenvalue weighted by molar-refractivity contribution is 5.72. The van der Waals surface area contributed by atoms with Gasteiger partial charge in [0.2, 0.25) is 5.96 Å². The first-order valence-electron chi connectivity index (χ1n) is 1.28. The Labute approximate surface area is 40.6 Å². The molecule has 0 saturated carbocycles. The summed E-state index contributed by atoms with van der Waals surface area (Å²) >= 11 is 0. The Kier molecular flexibility index (Phi) is 4.52. The predicted molar refractivity (Wildman–Crippen MR) is 25.7 cm³/mol. The molecule has 9 N–H and O–H groups in total. The Bertz CT molecular complexity index is 59.1. The molecule has 0 aliphatic heterocycles. The van der Waals surface area contributed by atoms with Crippen LogP contribution in [0.5, 0.6) is 0 Å². The van der Waals surface area contributed by atoms with Gasteiger partial charge in [0, 0.05) is 0 Å². The molecule has 0 unspecified atom stereocenters. The first-order valence-corrected chi connectivity index (χ1v) is 1.28. The number of nitrogens with one attached hydrogen (secondary N) is 1. The van der Waals surface area contributed by atoms with Crippen LogP contribution in [0.2, 0.25) is 0 Å². The van der Waals surface area contributed by atoms with Crippen LogP contribution in [0.15, 0.2) is 0 Å². The van der Waals surface area contributed by atoms with Gasteiger partial charge < -0.3 is 11.2 Å². The number of hydrazine groups is 2. The van der Waals surface area contributed by atoms with Crippen LogP contribution in [0.25, 0.3) is 0 Å². The van der Waals surface area contributed by atoms with E-state index in [1.54, 1.807) is 0 Å². The summed E-state index contributed by atoms with van der Waals surface area (Å²) in [7, 11) is 0. The molecule has 0 aromatic rings. The van der Waals surface area contributed by atoms with E-state index in [0.29, 0.717) is 5.12 Å². The van der Waals surface area contributed by atoms with E-state index in [-0.39, 0.29) is 11.4 Å². The molecule has 0 aliphatic carbocycles. The lowest BCUT2D eigenvalue weighted by Gasteiger charge is -2.04. The molecular formula is CH9N5O. The predicted octanol–water partition coefficient (Wildman–Crippen LogP) is -2.90. The van der Waals surface area contributed by atoms with Crippen molar-refractivity contribution in [3.63, 3.8) is 0 Å². The van der Waals surface area contributed by atoms with E-state index in [1.165, 1.54) is 0 Å². The Morgan fingerprint density at radius 1 is 1.43 bits per heavy atom. The van der Waals surface area contributed by atoms with Gasteiger partial charge in [-0.25, -0.2) is 16.8 Å². The average Bonchev–Trinajstić information content (AvgIpc) is 1.36. The summed E-state index contributed by atoms with van der Waals surface area (Å²) in [5.41, 5.74) is 4.69. The van der Waals surface area contributed by atoms with E-state index in [1.807, 2.05) is 0 Å². The molecular weight excluding hydrogens is 98.0 g/mol. The van der Waals surface area contributed by atoms with Gasteiger partial charge in [0.1, 0.15) is 0 Å². The standard InChI is InChI=1S/CH7N5.H2O/c2-1(3)6(4)5;/h4-5H2,(H3,2,3);1H2. The molecule has 0 amide bonds. The van der Waals surface area contributed by atoms with Gasteiger partial charge in [0.05, 0.1) is 0 Å². The van der Waals surface area contributed by atoms with Gasteiger partial charge in [-0.1, -0.05) is 0 Å². The molecule has 0 fully saturated rings. The van der Waals surface area contributed by atoms with Gasteiger partial charge in [0.25, 0.3) is 0 Å². The number of rotatable bonds is 0.